The van der Waals surface area contributed by atoms with Crippen LogP contribution in [0.15, 0.2) is 55.0 Å². The van der Waals surface area contributed by atoms with Crippen LogP contribution in [0.5, 0.6) is 0 Å². The lowest BCUT2D eigenvalue weighted by molar-refractivity contribution is -0.385. The van der Waals surface area contributed by atoms with Crippen LogP contribution in [0.1, 0.15) is 30.6 Å². The van der Waals surface area contributed by atoms with Crippen molar-refractivity contribution in [2.45, 2.75) is 32.9 Å². The second kappa shape index (κ2) is 7.86. The van der Waals surface area contributed by atoms with Gasteiger partial charge in [0.15, 0.2) is 0 Å². The van der Waals surface area contributed by atoms with E-state index >= 15 is 0 Å². The van der Waals surface area contributed by atoms with E-state index in [0.29, 0.717) is 12.2 Å². The summed E-state index contributed by atoms with van der Waals surface area (Å²) in [4.78, 5) is 22.7. The number of hydrogen-bond acceptors (Lipinski definition) is 4. The predicted molar refractivity (Wildman–Crippen MR) is 101 cm³/mol. The Bertz CT molecular complexity index is 946. The summed E-state index contributed by atoms with van der Waals surface area (Å²) in [5.74, 6) is -0.133. The van der Waals surface area contributed by atoms with E-state index in [1.807, 2.05) is 60.3 Å². The summed E-state index contributed by atoms with van der Waals surface area (Å²) in [6.45, 7) is 3.84. The van der Waals surface area contributed by atoms with Gasteiger partial charge in [-0.2, -0.15) is 5.10 Å². The highest BCUT2D eigenvalue weighted by Crippen LogP contribution is 2.18. The number of carbonyl (C=O) groups is 1. The van der Waals surface area contributed by atoms with Gasteiger partial charge in [0, 0.05) is 24.5 Å². The molecule has 1 amide bonds. The van der Waals surface area contributed by atoms with Crippen molar-refractivity contribution >= 4 is 11.6 Å². The molecule has 27 heavy (non-hydrogen) atoms. The molecule has 0 aliphatic carbocycles. The summed E-state index contributed by atoms with van der Waals surface area (Å²) in [5.41, 5.74) is 2.43. The van der Waals surface area contributed by atoms with Crippen LogP contribution in [-0.4, -0.2) is 25.2 Å². The Kier molecular flexibility index (Phi) is 5.35. The summed E-state index contributed by atoms with van der Waals surface area (Å²) in [7, 11) is 0. The number of aromatic nitrogens is 3. The normalized spacial score (nSPS) is 11.9. The molecular formula is C19H21N5O3. The van der Waals surface area contributed by atoms with E-state index in [9.17, 15) is 14.9 Å². The first-order valence-corrected chi connectivity index (χ1v) is 8.65. The highest BCUT2D eigenvalue weighted by Gasteiger charge is 2.17. The molecule has 1 N–H and O–H groups in total. The lowest BCUT2D eigenvalue weighted by Crippen LogP contribution is -2.27. The monoisotopic (exact) mass is 367 g/mol. The Labute approximate surface area is 156 Å². The van der Waals surface area contributed by atoms with E-state index in [0.717, 1.165) is 11.3 Å². The van der Waals surface area contributed by atoms with Crippen molar-refractivity contribution < 1.29 is 9.72 Å². The third kappa shape index (κ3) is 4.22. The minimum Gasteiger partial charge on any atom is -0.350 e. The SMILES string of the molecule is Cc1c([N+](=O)[O-])cnn1CCC(=O)NC(C)c1cccc(-n2cccc2)c1. The molecule has 0 saturated heterocycles. The standard InChI is InChI=1S/C19H21N5O3/c1-14(16-6-5-7-17(12-16)22-9-3-4-10-22)21-19(25)8-11-23-15(2)18(13-20-23)24(26)27/h3-7,9-10,12-14H,8,11H2,1-2H3,(H,21,25). The van der Waals surface area contributed by atoms with Crippen molar-refractivity contribution in [3.8, 4) is 5.69 Å². The fourth-order valence-electron chi connectivity index (χ4n) is 2.91. The van der Waals surface area contributed by atoms with Crippen molar-refractivity contribution in [2.24, 2.45) is 0 Å². The van der Waals surface area contributed by atoms with Gasteiger partial charge in [-0.25, -0.2) is 0 Å². The number of amides is 1. The maximum Gasteiger partial charge on any atom is 0.309 e. The smallest absolute Gasteiger partial charge is 0.309 e. The second-order valence-electron chi connectivity index (χ2n) is 6.32. The van der Waals surface area contributed by atoms with Crippen molar-refractivity contribution in [1.82, 2.24) is 19.7 Å². The fourth-order valence-corrected chi connectivity index (χ4v) is 2.91. The van der Waals surface area contributed by atoms with Gasteiger partial charge in [-0.1, -0.05) is 12.1 Å². The summed E-state index contributed by atoms with van der Waals surface area (Å²) in [6.07, 6.45) is 5.34. The third-order valence-corrected chi connectivity index (χ3v) is 4.47. The van der Waals surface area contributed by atoms with Crippen LogP contribution in [0, 0.1) is 17.0 Å². The Morgan fingerprint density at radius 1 is 1.30 bits per heavy atom. The minimum absolute atomic E-state index is 0.0365. The van der Waals surface area contributed by atoms with Crippen molar-refractivity contribution in [3.63, 3.8) is 0 Å². The molecular weight excluding hydrogens is 346 g/mol. The zero-order valence-corrected chi connectivity index (χ0v) is 15.2. The lowest BCUT2D eigenvalue weighted by Gasteiger charge is -2.16. The van der Waals surface area contributed by atoms with Crippen LogP contribution in [0.2, 0.25) is 0 Å². The highest BCUT2D eigenvalue weighted by atomic mass is 16.6. The van der Waals surface area contributed by atoms with Crippen LogP contribution >= 0.6 is 0 Å². The van der Waals surface area contributed by atoms with Crippen molar-refractivity contribution in [1.29, 1.82) is 0 Å². The average Bonchev–Trinajstić information content (AvgIpc) is 3.30. The molecule has 0 bridgehead atoms. The van der Waals surface area contributed by atoms with E-state index in [2.05, 4.69) is 10.4 Å². The first-order valence-electron chi connectivity index (χ1n) is 8.65. The fraction of sp³-hybridized carbons (Fsp3) is 0.263. The van der Waals surface area contributed by atoms with Gasteiger partial charge in [0.25, 0.3) is 0 Å². The van der Waals surface area contributed by atoms with Gasteiger partial charge in [0.1, 0.15) is 11.9 Å². The molecule has 2 heterocycles. The van der Waals surface area contributed by atoms with Gasteiger partial charge in [-0.3, -0.25) is 19.6 Å². The summed E-state index contributed by atoms with van der Waals surface area (Å²) in [6, 6.07) is 11.7. The molecule has 1 aromatic carbocycles. The minimum atomic E-state index is -0.473. The third-order valence-electron chi connectivity index (χ3n) is 4.47. The van der Waals surface area contributed by atoms with Crippen molar-refractivity contribution in [3.05, 3.63) is 76.4 Å². The molecule has 0 aliphatic heterocycles. The quantitative estimate of drug-likeness (QED) is 0.512. The van der Waals surface area contributed by atoms with Crippen LogP contribution in [-0.2, 0) is 11.3 Å². The number of nitro groups is 1. The van der Waals surface area contributed by atoms with Crippen LogP contribution in [0.3, 0.4) is 0 Å². The Morgan fingerprint density at radius 2 is 2.04 bits per heavy atom. The maximum atomic E-state index is 12.3. The van der Waals surface area contributed by atoms with Gasteiger partial charge in [0.2, 0.25) is 5.91 Å². The van der Waals surface area contributed by atoms with Gasteiger partial charge in [0.05, 0.1) is 17.5 Å². The topological polar surface area (TPSA) is 95.0 Å². The molecule has 8 nitrogen and oxygen atoms in total. The van der Waals surface area contributed by atoms with Crippen LogP contribution < -0.4 is 5.32 Å². The molecule has 3 rings (SSSR count). The Hall–Kier alpha value is -3.42. The number of carbonyl (C=O) groups excluding carboxylic acids is 1. The molecule has 1 unspecified atom stereocenters. The molecule has 0 saturated carbocycles. The molecule has 140 valence electrons. The van der Waals surface area contributed by atoms with Crippen LogP contribution in [0.4, 0.5) is 5.69 Å². The summed E-state index contributed by atoms with van der Waals surface area (Å²) in [5, 5.41) is 17.8. The molecule has 8 heteroatoms. The Morgan fingerprint density at radius 3 is 2.70 bits per heavy atom. The number of nitrogens with zero attached hydrogens (tertiary/aromatic N) is 4. The number of benzene rings is 1. The predicted octanol–water partition coefficient (Wildman–Crippen LogP) is 3.16. The van der Waals surface area contributed by atoms with E-state index < -0.39 is 4.92 Å². The van der Waals surface area contributed by atoms with Gasteiger partial charge in [-0.05, 0) is 43.7 Å². The van der Waals surface area contributed by atoms with Gasteiger partial charge >= 0.3 is 5.69 Å². The lowest BCUT2D eigenvalue weighted by atomic mass is 10.1. The summed E-state index contributed by atoms with van der Waals surface area (Å²) < 4.78 is 3.49. The molecule has 0 fully saturated rings. The Balaban J connectivity index is 1.59. The van der Waals surface area contributed by atoms with E-state index in [1.54, 1.807) is 6.92 Å². The van der Waals surface area contributed by atoms with Gasteiger partial charge < -0.3 is 9.88 Å². The zero-order chi connectivity index (χ0) is 19.4. The van der Waals surface area contributed by atoms with Crippen LogP contribution in [0.25, 0.3) is 5.69 Å². The largest absolute Gasteiger partial charge is 0.350 e. The first kappa shape index (κ1) is 18.4. The van der Waals surface area contributed by atoms with E-state index in [4.69, 9.17) is 0 Å². The molecule has 2 aromatic heterocycles. The molecule has 0 spiro atoms. The molecule has 0 radical (unpaired) electrons. The zero-order valence-electron chi connectivity index (χ0n) is 15.2. The summed E-state index contributed by atoms with van der Waals surface area (Å²) >= 11 is 0. The second-order valence-corrected chi connectivity index (χ2v) is 6.32. The number of aryl methyl sites for hydroxylation is 1. The first-order chi connectivity index (χ1) is 13.0. The van der Waals surface area contributed by atoms with Gasteiger partial charge in [-0.15, -0.1) is 0 Å². The van der Waals surface area contributed by atoms with E-state index in [1.165, 1.54) is 10.9 Å². The van der Waals surface area contributed by atoms with E-state index in [-0.39, 0.29) is 24.1 Å². The highest BCUT2D eigenvalue weighted by molar-refractivity contribution is 5.76. The average molecular weight is 367 g/mol. The maximum absolute atomic E-state index is 12.3. The number of hydrogen-bond donors (Lipinski definition) is 1. The molecule has 0 aliphatic rings. The molecule has 3 aromatic rings. The number of rotatable bonds is 7. The van der Waals surface area contributed by atoms with Crippen molar-refractivity contribution in [2.75, 3.05) is 0 Å². The molecule has 1 atom stereocenters. The number of nitrogens with one attached hydrogen (secondary N) is 1.